The van der Waals surface area contributed by atoms with Gasteiger partial charge in [0.05, 0.1) is 5.56 Å². The second-order valence-corrected chi connectivity index (χ2v) is 6.03. The standard InChI is InChI=1S/C13H15BrF3NO/c1-8(14)6-9(2)18-12(19)10-4-3-5-11(7-10)13(15,16)17/h3-5,7-9H,6H2,1-2H3,(H,18,19). The Kier molecular flexibility index (Phi) is 5.40. The van der Waals surface area contributed by atoms with E-state index < -0.39 is 17.6 Å². The quantitative estimate of drug-likeness (QED) is 0.826. The van der Waals surface area contributed by atoms with Crippen molar-refractivity contribution >= 4 is 21.8 Å². The zero-order valence-electron chi connectivity index (χ0n) is 10.6. The molecule has 1 rings (SSSR count). The second-order valence-electron chi connectivity index (χ2n) is 4.47. The predicted molar refractivity (Wildman–Crippen MR) is 71.4 cm³/mol. The van der Waals surface area contributed by atoms with Crippen LogP contribution in [0.25, 0.3) is 0 Å². The lowest BCUT2D eigenvalue weighted by Gasteiger charge is -2.15. The molecule has 1 amide bonds. The molecule has 0 radical (unpaired) electrons. The number of carbonyl (C=O) groups excluding carboxylic acids is 1. The third-order valence-corrected chi connectivity index (χ3v) is 2.88. The van der Waals surface area contributed by atoms with E-state index >= 15 is 0 Å². The minimum atomic E-state index is -4.44. The zero-order chi connectivity index (χ0) is 14.6. The van der Waals surface area contributed by atoms with Crippen LogP contribution in [0.2, 0.25) is 0 Å². The summed E-state index contributed by atoms with van der Waals surface area (Å²) in [5.74, 6) is -0.494. The highest BCUT2D eigenvalue weighted by Crippen LogP contribution is 2.29. The van der Waals surface area contributed by atoms with Crippen LogP contribution in [-0.2, 0) is 6.18 Å². The van der Waals surface area contributed by atoms with E-state index in [-0.39, 0.29) is 16.4 Å². The van der Waals surface area contributed by atoms with Crippen molar-refractivity contribution in [2.45, 2.75) is 37.3 Å². The fourth-order valence-corrected chi connectivity index (χ4v) is 2.25. The number of amides is 1. The largest absolute Gasteiger partial charge is 0.416 e. The fraction of sp³-hybridized carbons (Fsp3) is 0.462. The number of benzene rings is 1. The predicted octanol–water partition coefficient (Wildman–Crippen LogP) is 4.00. The summed E-state index contributed by atoms with van der Waals surface area (Å²) in [6, 6.07) is 4.29. The summed E-state index contributed by atoms with van der Waals surface area (Å²) in [4.78, 5) is 12.0. The van der Waals surface area contributed by atoms with Crippen LogP contribution in [0.3, 0.4) is 0 Å². The van der Waals surface area contributed by atoms with Crippen molar-refractivity contribution < 1.29 is 18.0 Å². The number of halogens is 4. The summed E-state index contributed by atoms with van der Waals surface area (Å²) in [6.07, 6.45) is -3.74. The van der Waals surface area contributed by atoms with Crippen LogP contribution in [0.4, 0.5) is 13.2 Å². The van der Waals surface area contributed by atoms with Gasteiger partial charge in [0.15, 0.2) is 0 Å². The van der Waals surface area contributed by atoms with Gasteiger partial charge in [0.25, 0.3) is 5.91 Å². The number of nitrogens with one attached hydrogen (secondary N) is 1. The van der Waals surface area contributed by atoms with Gasteiger partial charge in [-0.1, -0.05) is 28.9 Å². The summed E-state index contributed by atoms with van der Waals surface area (Å²) in [7, 11) is 0. The molecular weight excluding hydrogens is 323 g/mol. The fourth-order valence-electron chi connectivity index (χ4n) is 1.69. The van der Waals surface area contributed by atoms with Crippen LogP contribution >= 0.6 is 15.9 Å². The lowest BCUT2D eigenvalue weighted by Crippen LogP contribution is -2.34. The molecule has 1 aromatic carbocycles. The zero-order valence-corrected chi connectivity index (χ0v) is 12.2. The van der Waals surface area contributed by atoms with E-state index in [1.807, 2.05) is 13.8 Å². The molecule has 1 aromatic rings. The first kappa shape index (κ1) is 16.0. The average molecular weight is 338 g/mol. The first-order chi connectivity index (χ1) is 8.70. The van der Waals surface area contributed by atoms with E-state index in [0.717, 1.165) is 12.1 Å². The summed E-state index contributed by atoms with van der Waals surface area (Å²) >= 11 is 3.36. The summed E-state index contributed by atoms with van der Waals surface area (Å²) in [6.45, 7) is 3.75. The first-order valence-electron chi connectivity index (χ1n) is 5.82. The molecule has 0 saturated heterocycles. The van der Waals surface area contributed by atoms with Gasteiger partial charge in [0, 0.05) is 16.4 Å². The van der Waals surface area contributed by atoms with E-state index in [4.69, 9.17) is 0 Å². The average Bonchev–Trinajstić information content (AvgIpc) is 2.26. The van der Waals surface area contributed by atoms with Crippen molar-refractivity contribution in [1.29, 1.82) is 0 Å². The molecule has 2 nitrogen and oxygen atoms in total. The highest BCUT2D eigenvalue weighted by Gasteiger charge is 2.30. The molecular formula is C13H15BrF3NO. The van der Waals surface area contributed by atoms with Crippen LogP contribution in [0.1, 0.15) is 36.2 Å². The van der Waals surface area contributed by atoms with Crippen molar-refractivity contribution in [3.8, 4) is 0 Å². The van der Waals surface area contributed by atoms with Gasteiger partial charge in [-0.05, 0) is 31.5 Å². The summed E-state index contributed by atoms with van der Waals surface area (Å²) in [5.41, 5.74) is -0.800. The molecule has 19 heavy (non-hydrogen) atoms. The van der Waals surface area contributed by atoms with Gasteiger partial charge in [0.2, 0.25) is 0 Å². The van der Waals surface area contributed by atoms with Crippen LogP contribution in [0, 0.1) is 0 Å². The molecule has 1 N–H and O–H groups in total. The highest BCUT2D eigenvalue weighted by atomic mass is 79.9. The monoisotopic (exact) mass is 337 g/mol. The van der Waals surface area contributed by atoms with Crippen LogP contribution in [0.15, 0.2) is 24.3 Å². The molecule has 0 aliphatic rings. The Labute approximate surface area is 118 Å². The maximum Gasteiger partial charge on any atom is 0.416 e. The normalized spacial score (nSPS) is 14.8. The Balaban J connectivity index is 2.78. The molecule has 6 heteroatoms. The van der Waals surface area contributed by atoms with E-state index in [1.54, 1.807) is 0 Å². The third kappa shape index (κ3) is 5.22. The smallest absolute Gasteiger partial charge is 0.350 e. The number of carbonyl (C=O) groups is 1. The van der Waals surface area contributed by atoms with Crippen LogP contribution in [-0.4, -0.2) is 16.8 Å². The SMILES string of the molecule is CC(Br)CC(C)NC(=O)c1cccc(C(F)(F)F)c1. The Morgan fingerprint density at radius 3 is 2.53 bits per heavy atom. The van der Waals surface area contributed by atoms with Crippen molar-refractivity contribution in [2.75, 3.05) is 0 Å². The van der Waals surface area contributed by atoms with E-state index in [0.29, 0.717) is 6.42 Å². The minimum Gasteiger partial charge on any atom is -0.350 e. The molecule has 0 fully saturated rings. The number of alkyl halides is 4. The van der Waals surface area contributed by atoms with E-state index in [2.05, 4.69) is 21.2 Å². The third-order valence-electron chi connectivity index (χ3n) is 2.51. The number of rotatable bonds is 4. The first-order valence-corrected chi connectivity index (χ1v) is 6.74. The Hall–Kier alpha value is -1.04. The van der Waals surface area contributed by atoms with Crippen molar-refractivity contribution in [1.82, 2.24) is 5.32 Å². The topological polar surface area (TPSA) is 29.1 Å². The molecule has 106 valence electrons. The molecule has 0 aliphatic heterocycles. The highest BCUT2D eigenvalue weighted by molar-refractivity contribution is 9.09. The van der Waals surface area contributed by atoms with Gasteiger partial charge in [0.1, 0.15) is 0 Å². The summed E-state index contributed by atoms with van der Waals surface area (Å²) in [5, 5.41) is 2.67. The van der Waals surface area contributed by atoms with Crippen molar-refractivity contribution in [3.05, 3.63) is 35.4 Å². The van der Waals surface area contributed by atoms with Crippen LogP contribution < -0.4 is 5.32 Å². The molecule has 2 atom stereocenters. The molecule has 0 spiro atoms. The molecule has 0 aliphatic carbocycles. The number of hydrogen-bond donors (Lipinski definition) is 1. The maximum atomic E-state index is 12.5. The van der Waals surface area contributed by atoms with Crippen LogP contribution in [0.5, 0.6) is 0 Å². The van der Waals surface area contributed by atoms with E-state index in [9.17, 15) is 18.0 Å². The van der Waals surface area contributed by atoms with Crippen molar-refractivity contribution in [2.24, 2.45) is 0 Å². The van der Waals surface area contributed by atoms with Gasteiger partial charge < -0.3 is 5.32 Å². The van der Waals surface area contributed by atoms with Gasteiger partial charge in [-0.2, -0.15) is 13.2 Å². The maximum absolute atomic E-state index is 12.5. The minimum absolute atomic E-state index is 0.0175. The molecule has 2 unspecified atom stereocenters. The van der Waals surface area contributed by atoms with Crippen molar-refractivity contribution in [3.63, 3.8) is 0 Å². The Morgan fingerprint density at radius 2 is 2.00 bits per heavy atom. The lowest BCUT2D eigenvalue weighted by atomic mass is 10.1. The number of hydrogen-bond acceptors (Lipinski definition) is 1. The lowest BCUT2D eigenvalue weighted by molar-refractivity contribution is -0.137. The molecule has 0 bridgehead atoms. The molecule has 0 heterocycles. The van der Waals surface area contributed by atoms with E-state index in [1.165, 1.54) is 12.1 Å². The summed E-state index contributed by atoms with van der Waals surface area (Å²) < 4.78 is 37.6. The molecule has 0 aromatic heterocycles. The van der Waals surface area contributed by atoms with Gasteiger partial charge in [-0.3, -0.25) is 4.79 Å². The van der Waals surface area contributed by atoms with Gasteiger partial charge in [-0.25, -0.2) is 0 Å². The Morgan fingerprint density at radius 1 is 1.37 bits per heavy atom. The van der Waals surface area contributed by atoms with Gasteiger partial charge >= 0.3 is 6.18 Å². The molecule has 0 saturated carbocycles. The van der Waals surface area contributed by atoms with Gasteiger partial charge in [-0.15, -0.1) is 0 Å². The second kappa shape index (κ2) is 6.41. The Bertz CT molecular complexity index is 446.